The van der Waals surface area contributed by atoms with Crippen molar-refractivity contribution in [3.8, 4) is 5.19 Å². The quantitative estimate of drug-likeness (QED) is 0.454. The average Bonchev–Trinajstić information content (AvgIpc) is 3.00. The maximum absolute atomic E-state index is 12.9. The molecule has 8 nitrogen and oxygen atoms in total. The first-order chi connectivity index (χ1) is 9.56. The van der Waals surface area contributed by atoms with Gasteiger partial charge in [-0.15, -0.1) is 11.6 Å². The van der Waals surface area contributed by atoms with E-state index in [2.05, 4.69) is 10.2 Å². The molecule has 1 aromatic rings. The van der Waals surface area contributed by atoms with Gasteiger partial charge in [-0.2, -0.15) is 0 Å². The third-order valence-electron chi connectivity index (χ3n) is 3.24. The van der Waals surface area contributed by atoms with E-state index in [9.17, 15) is 10.3 Å². The molecule has 2 rings (SSSR count). The van der Waals surface area contributed by atoms with Gasteiger partial charge in [0.05, 0.1) is 13.7 Å². The summed E-state index contributed by atoms with van der Waals surface area (Å²) in [7, 11) is 2.98. The predicted octanol–water partition coefficient (Wildman–Crippen LogP) is 0.197. The van der Waals surface area contributed by atoms with Crippen molar-refractivity contribution in [2.45, 2.75) is 12.3 Å². The van der Waals surface area contributed by atoms with Gasteiger partial charge in [-0.3, -0.25) is 4.65 Å². The second-order valence-corrected chi connectivity index (χ2v) is 5.73. The van der Waals surface area contributed by atoms with Crippen molar-refractivity contribution in [1.82, 2.24) is 19.7 Å². The van der Waals surface area contributed by atoms with Crippen molar-refractivity contribution < 1.29 is 14.6 Å². The van der Waals surface area contributed by atoms with E-state index in [1.165, 1.54) is 14.2 Å². The second kappa shape index (κ2) is 6.48. The average molecular weight is 325 g/mol. The van der Waals surface area contributed by atoms with E-state index in [1.807, 2.05) is 4.90 Å². The zero-order valence-electron chi connectivity index (χ0n) is 11.2. The summed E-state index contributed by atoms with van der Waals surface area (Å²) in [6.07, 6.45) is -1.20. The standard InChI is InChI=1S/C10H17ClN4O4S/c1-18-5-7-8(16)15(17,6-14(7)4-3-11)9-12-13-10(19-2)20-9/h7-8,16H,3-6H2,1-2H3. The summed E-state index contributed by atoms with van der Waals surface area (Å²) in [4.78, 5) is 1.81. The van der Waals surface area contributed by atoms with E-state index < -0.39 is 16.9 Å². The van der Waals surface area contributed by atoms with Crippen molar-refractivity contribution in [3.63, 3.8) is 0 Å². The van der Waals surface area contributed by atoms with Crippen LogP contribution in [0.15, 0.2) is 0 Å². The summed E-state index contributed by atoms with van der Waals surface area (Å²) in [6, 6.07) is -0.425. The maximum atomic E-state index is 12.9. The number of hydrogen-bond donors (Lipinski definition) is 1. The number of aliphatic hydroxyl groups is 1. The topological polar surface area (TPSA) is 90.8 Å². The minimum atomic E-state index is -1.20. The van der Waals surface area contributed by atoms with Gasteiger partial charge in [-0.1, -0.05) is 10.2 Å². The smallest absolute Gasteiger partial charge is 0.313 e. The van der Waals surface area contributed by atoms with Crippen LogP contribution in [0.2, 0.25) is 0 Å². The van der Waals surface area contributed by atoms with Crippen LogP contribution in [0.25, 0.3) is 0 Å². The normalized spacial score (nSPS) is 30.9. The van der Waals surface area contributed by atoms with Gasteiger partial charge in [0.25, 0.3) is 5.19 Å². The molecule has 3 unspecified atom stereocenters. The highest BCUT2D eigenvalue weighted by atomic mass is 35.5. The van der Waals surface area contributed by atoms with Crippen molar-refractivity contribution in [1.29, 1.82) is 0 Å². The van der Waals surface area contributed by atoms with Crippen LogP contribution in [0, 0.1) is 5.21 Å². The lowest BCUT2D eigenvalue weighted by Gasteiger charge is -2.37. The number of aliphatic hydroxyl groups excluding tert-OH is 1. The van der Waals surface area contributed by atoms with Crippen molar-refractivity contribution >= 4 is 28.1 Å². The number of rotatable bonds is 6. The molecule has 1 aromatic heterocycles. The van der Waals surface area contributed by atoms with Gasteiger partial charge in [-0.25, -0.2) is 4.90 Å². The van der Waals surface area contributed by atoms with E-state index in [1.54, 1.807) is 0 Å². The fraction of sp³-hybridized carbons (Fsp3) is 0.800. The molecular weight excluding hydrogens is 308 g/mol. The van der Waals surface area contributed by atoms with Crippen LogP contribution in [0.4, 0.5) is 5.13 Å². The van der Waals surface area contributed by atoms with Gasteiger partial charge in [0.15, 0.2) is 0 Å². The summed E-state index contributed by atoms with van der Waals surface area (Å²) >= 11 is 6.77. The summed E-state index contributed by atoms with van der Waals surface area (Å²) in [5.74, 6) is 0.367. The molecule has 3 atom stereocenters. The Balaban J connectivity index is 2.26. The molecule has 0 aromatic carbocycles. The van der Waals surface area contributed by atoms with Gasteiger partial charge in [0, 0.05) is 30.9 Å². The molecule has 1 N–H and O–H groups in total. The van der Waals surface area contributed by atoms with Crippen LogP contribution in [-0.4, -0.2) is 72.4 Å². The zero-order valence-corrected chi connectivity index (χ0v) is 12.8. The number of alkyl halides is 1. The largest absolute Gasteiger partial charge is 0.623 e. The lowest BCUT2D eigenvalue weighted by Crippen LogP contribution is -2.51. The fourth-order valence-electron chi connectivity index (χ4n) is 2.24. The van der Waals surface area contributed by atoms with Gasteiger partial charge < -0.3 is 19.8 Å². The molecule has 0 amide bonds. The van der Waals surface area contributed by atoms with Gasteiger partial charge in [0.1, 0.15) is 12.7 Å². The van der Waals surface area contributed by atoms with Crippen LogP contribution in [0.3, 0.4) is 0 Å². The first kappa shape index (κ1) is 15.8. The molecule has 10 heteroatoms. The molecule has 0 saturated carbocycles. The monoisotopic (exact) mass is 324 g/mol. The van der Waals surface area contributed by atoms with Crippen LogP contribution < -0.4 is 9.38 Å². The molecule has 0 spiro atoms. The second-order valence-electron chi connectivity index (χ2n) is 4.43. The van der Waals surface area contributed by atoms with E-state index >= 15 is 0 Å². The highest BCUT2D eigenvalue weighted by Gasteiger charge is 2.50. The predicted molar refractivity (Wildman–Crippen MR) is 75.6 cm³/mol. The van der Waals surface area contributed by atoms with Crippen LogP contribution in [-0.2, 0) is 4.74 Å². The molecule has 1 aliphatic rings. The molecule has 20 heavy (non-hydrogen) atoms. The molecule has 1 saturated heterocycles. The van der Waals surface area contributed by atoms with Crippen LogP contribution in [0.1, 0.15) is 0 Å². The lowest BCUT2D eigenvalue weighted by atomic mass is 10.2. The molecule has 0 radical (unpaired) electrons. The number of halogens is 1. The summed E-state index contributed by atoms with van der Waals surface area (Å²) in [5, 5.41) is 31.3. The Bertz CT molecular complexity index is 451. The van der Waals surface area contributed by atoms with E-state index in [0.29, 0.717) is 17.6 Å². The fourth-order valence-corrected chi connectivity index (χ4v) is 3.18. The summed E-state index contributed by atoms with van der Waals surface area (Å²) in [6.45, 7) is 0.793. The van der Waals surface area contributed by atoms with Crippen molar-refractivity contribution in [2.75, 3.05) is 39.9 Å². The Kier molecular flexibility index (Phi) is 5.13. The lowest BCUT2D eigenvalue weighted by molar-refractivity contribution is 0.0201. The Morgan fingerprint density at radius 1 is 1.55 bits per heavy atom. The van der Waals surface area contributed by atoms with Crippen LogP contribution in [0.5, 0.6) is 5.19 Å². The van der Waals surface area contributed by atoms with E-state index in [-0.39, 0.29) is 18.4 Å². The van der Waals surface area contributed by atoms with E-state index in [0.717, 1.165) is 11.3 Å². The molecule has 1 aliphatic heterocycles. The minimum Gasteiger partial charge on any atom is -0.623 e. The maximum Gasteiger partial charge on any atom is 0.313 e. The minimum absolute atomic E-state index is 0.0558. The molecule has 0 aliphatic carbocycles. The number of hydrogen-bond acceptors (Lipinski definition) is 8. The number of nitrogens with zero attached hydrogens (tertiary/aromatic N) is 4. The van der Waals surface area contributed by atoms with Gasteiger partial charge >= 0.3 is 5.13 Å². The van der Waals surface area contributed by atoms with Gasteiger partial charge in [0.2, 0.25) is 6.23 Å². The molecule has 0 bridgehead atoms. The third-order valence-corrected chi connectivity index (χ3v) is 4.40. The SMILES string of the molecule is COCC1C(O)[N+]([O-])(c2nnc(OC)s2)CN1CCCl. The number of hydroxylamine groups is 2. The Morgan fingerprint density at radius 2 is 2.30 bits per heavy atom. The first-order valence-corrected chi connectivity index (χ1v) is 7.35. The summed E-state index contributed by atoms with van der Waals surface area (Å²) < 4.78 is 9.04. The summed E-state index contributed by atoms with van der Waals surface area (Å²) in [5.41, 5.74) is 0. The van der Waals surface area contributed by atoms with Crippen LogP contribution >= 0.6 is 22.9 Å². The number of methoxy groups -OCH3 is 2. The first-order valence-electron chi connectivity index (χ1n) is 6.00. The highest BCUT2D eigenvalue weighted by Crippen LogP contribution is 2.37. The van der Waals surface area contributed by atoms with E-state index in [4.69, 9.17) is 21.1 Å². The Labute approximate surface area is 125 Å². The third kappa shape index (κ3) is 2.75. The zero-order chi connectivity index (χ0) is 14.8. The van der Waals surface area contributed by atoms with Crippen molar-refractivity contribution in [3.05, 3.63) is 5.21 Å². The number of ether oxygens (including phenoxy) is 2. The number of quaternary nitrogens is 1. The highest BCUT2D eigenvalue weighted by molar-refractivity contribution is 7.16. The number of aromatic nitrogens is 2. The Morgan fingerprint density at radius 3 is 2.85 bits per heavy atom. The van der Waals surface area contributed by atoms with Crippen molar-refractivity contribution in [2.24, 2.45) is 0 Å². The Hall–Kier alpha value is -0.550. The molecule has 114 valence electrons. The molecule has 2 heterocycles. The molecular formula is C10H17ClN4O4S. The van der Waals surface area contributed by atoms with Gasteiger partial charge in [-0.05, 0) is 0 Å². The molecule has 1 fully saturated rings.